The van der Waals surface area contributed by atoms with Crippen molar-refractivity contribution < 1.29 is 14.2 Å². The molecule has 7 heteroatoms. The van der Waals surface area contributed by atoms with Crippen molar-refractivity contribution in [3.8, 4) is 6.07 Å². The van der Waals surface area contributed by atoms with E-state index in [0.29, 0.717) is 5.84 Å². The number of dihydropyridines is 1. The molecule has 2 aliphatic heterocycles. The molecule has 0 aromatic rings. The van der Waals surface area contributed by atoms with E-state index in [4.69, 9.17) is 5.26 Å². The van der Waals surface area contributed by atoms with Crippen LogP contribution in [0.3, 0.4) is 0 Å². The van der Waals surface area contributed by atoms with Crippen LogP contribution in [0.2, 0.25) is 0 Å². The van der Waals surface area contributed by atoms with Crippen molar-refractivity contribution in [1.29, 1.82) is 5.26 Å². The maximum Gasteiger partial charge on any atom is 0.445 e. The van der Waals surface area contributed by atoms with Gasteiger partial charge in [-0.1, -0.05) is 6.92 Å². The van der Waals surface area contributed by atoms with Gasteiger partial charge in [0.25, 0.3) is 5.84 Å². The standard InChI is InChI=1S/C13H15N4O2S/c1-4-8-7-15-11-9(10(8)20-6-5-14)12(18)17(3)13(19)16(11)2/h7,9H,4,6H2,1-3H3/q+1. The van der Waals surface area contributed by atoms with Crippen LogP contribution in [0.5, 0.6) is 0 Å². The Morgan fingerprint density at radius 2 is 2.25 bits per heavy atom. The molecule has 0 aromatic heterocycles. The number of aliphatic imine (C=N–C) groups is 1. The van der Waals surface area contributed by atoms with Gasteiger partial charge >= 0.3 is 11.9 Å². The molecule has 1 unspecified atom stereocenters. The fourth-order valence-electron chi connectivity index (χ4n) is 2.25. The summed E-state index contributed by atoms with van der Waals surface area (Å²) in [5, 5.41) is 8.77. The Bertz CT molecular complexity index is 612. The molecule has 6 nitrogen and oxygen atoms in total. The highest BCUT2D eigenvalue weighted by Gasteiger charge is 2.48. The fraction of sp³-hybridized carbons (Fsp3) is 0.462. The van der Waals surface area contributed by atoms with Crippen LogP contribution < -0.4 is 0 Å². The molecule has 0 aromatic carbocycles. The zero-order valence-electron chi connectivity index (χ0n) is 11.6. The molecule has 0 N–H and O–H groups in total. The van der Waals surface area contributed by atoms with Gasteiger partial charge in [0, 0.05) is 4.91 Å². The van der Waals surface area contributed by atoms with Crippen LogP contribution in [0.4, 0.5) is 4.79 Å². The SMILES string of the molecule is CCC1=C(SCC#N)C2C(=O)N(C)C(=O)[N+](C)=C2N=C1. The topological polar surface area (TPSA) is 76.5 Å². The number of hydrogen-bond acceptors (Lipinski definition) is 5. The van der Waals surface area contributed by atoms with Gasteiger partial charge in [0.2, 0.25) is 0 Å². The van der Waals surface area contributed by atoms with E-state index in [1.165, 1.54) is 23.4 Å². The van der Waals surface area contributed by atoms with Crippen LogP contribution >= 0.6 is 11.8 Å². The second kappa shape index (κ2) is 5.59. The zero-order chi connectivity index (χ0) is 14.9. The van der Waals surface area contributed by atoms with E-state index in [1.807, 2.05) is 6.92 Å². The minimum absolute atomic E-state index is 0.269. The number of nitrogens with zero attached hydrogens (tertiary/aromatic N) is 4. The third-order valence-electron chi connectivity index (χ3n) is 3.36. The predicted octanol–water partition coefficient (Wildman–Crippen LogP) is 1.24. The van der Waals surface area contributed by atoms with Crippen molar-refractivity contribution >= 4 is 35.8 Å². The predicted molar refractivity (Wildman–Crippen MR) is 76.7 cm³/mol. The number of carbonyl (C=O) groups excluding carboxylic acids is 2. The number of amides is 3. The molecule has 2 heterocycles. The van der Waals surface area contributed by atoms with E-state index >= 15 is 0 Å². The number of nitriles is 1. The number of urea groups is 1. The van der Waals surface area contributed by atoms with Crippen molar-refractivity contribution in [2.24, 2.45) is 10.9 Å². The van der Waals surface area contributed by atoms with Crippen LogP contribution in [-0.2, 0) is 4.79 Å². The number of allylic oxidation sites excluding steroid dienone is 1. The van der Waals surface area contributed by atoms with Gasteiger partial charge in [-0.25, -0.2) is 4.79 Å². The molecule has 2 rings (SSSR count). The van der Waals surface area contributed by atoms with Crippen LogP contribution in [0.25, 0.3) is 0 Å². The number of fused-ring (bicyclic) bond motifs is 1. The number of rotatable bonds is 3. The molecule has 20 heavy (non-hydrogen) atoms. The summed E-state index contributed by atoms with van der Waals surface area (Å²) < 4.78 is 1.39. The summed E-state index contributed by atoms with van der Waals surface area (Å²) in [4.78, 5) is 30.5. The Kier molecular flexibility index (Phi) is 4.04. The van der Waals surface area contributed by atoms with Gasteiger partial charge in [-0.15, -0.1) is 16.8 Å². The monoisotopic (exact) mass is 291 g/mol. The van der Waals surface area contributed by atoms with Crippen molar-refractivity contribution in [3.05, 3.63) is 10.5 Å². The number of hydrogen-bond donors (Lipinski definition) is 0. The van der Waals surface area contributed by atoms with Crippen LogP contribution in [0.15, 0.2) is 15.5 Å². The fourth-order valence-corrected chi connectivity index (χ4v) is 3.23. The molecule has 0 aliphatic carbocycles. The molecular weight excluding hydrogens is 276 g/mol. The third-order valence-corrected chi connectivity index (χ3v) is 4.44. The Morgan fingerprint density at radius 1 is 1.55 bits per heavy atom. The van der Waals surface area contributed by atoms with Crippen molar-refractivity contribution in [2.75, 3.05) is 19.8 Å². The summed E-state index contributed by atoms with van der Waals surface area (Å²) in [6.07, 6.45) is 2.42. The Hall–Kier alpha value is -1.94. The van der Waals surface area contributed by atoms with Crippen molar-refractivity contribution in [3.63, 3.8) is 0 Å². The normalized spacial score (nSPS) is 22.3. The molecule has 0 radical (unpaired) electrons. The summed E-state index contributed by atoms with van der Waals surface area (Å²) >= 11 is 1.35. The molecule has 104 valence electrons. The summed E-state index contributed by atoms with van der Waals surface area (Å²) in [6.45, 7) is 1.98. The summed E-state index contributed by atoms with van der Waals surface area (Å²) in [5.41, 5.74) is 0.948. The summed E-state index contributed by atoms with van der Waals surface area (Å²) in [5.74, 6) is -0.145. The Balaban J connectivity index is 2.55. The van der Waals surface area contributed by atoms with E-state index in [2.05, 4.69) is 11.1 Å². The maximum absolute atomic E-state index is 12.4. The van der Waals surface area contributed by atoms with E-state index in [0.717, 1.165) is 21.8 Å². The highest BCUT2D eigenvalue weighted by molar-refractivity contribution is 8.03. The van der Waals surface area contributed by atoms with E-state index in [1.54, 1.807) is 13.3 Å². The lowest BCUT2D eigenvalue weighted by Crippen LogP contribution is -2.52. The Labute approximate surface area is 121 Å². The lowest BCUT2D eigenvalue weighted by molar-refractivity contribution is -0.407. The average molecular weight is 291 g/mol. The van der Waals surface area contributed by atoms with Crippen LogP contribution in [0.1, 0.15) is 13.3 Å². The summed E-state index contributed by atoms with van der Waals surface area (Å²) in [7, 11) is 3.07. The van der Waals surface area contributed by atoms with Gasteiger partial charge in [-0.3, -0.25) is 4.79 Å². The largest absolute Gasteiger partial charge is 0.445 e. The van der Waals surface area contributed by atoms with Gasteiger partial charge in [-0.2, -0.15) is 14.7 Å². The van der Waals surface area contributed by atoms with Crippen LogP contribution in [0, 0.1) is 17.2 Å². The molecule has 0 bridgehead atoms. The first-order chi connectivity index (χ1) is 9.52. The number of imide groups is 1. The first-order valence-electron chi connectivity index (χ1n) is 6.21. The first kappa shape index (κ1) is 14.5. The van der Waals surface area contributed by atoms with Crippen molar-refractivity contribution in [1.82, 2.24) is 4.90 Å². The molecule has 0 spiro atoms. The van der Waals surface area contributed by atoms with Gasteiger partial charge < -0.3 is 0 Å². The molecule has 3 amide bonds. The third kappa shape index (κ3) is 2.16. The number of thioether (sulfide) groups is 1. The van der Waals surface area contributed by atoms with Crippen LogP contribution in [-0.4, -0.2) is 53.3 Å². The maximum atomic E-state index is 12.4. The molecule has 0 saturated carbocycles. The lowest BCUT2D eigenvalue weighted by Gasteiger charge is -2.27. The number of carbonyl (C=O) groups is 2. The number of amidine groups is 1. The molecule has 0 saturated heterocycles. The average Bonchev–Trinajstić information content (AvgIpc) is 2.47. The zero-order valence-corrected chi connectivity index (χ0v) is 12.4. The van der Waals surface area contributed by atoms with Gasteiger partial charge in [0.1, 0.15) is 6.21 Å². The minimum Gasteiger partial charge on any atom is -0.255 e. The van der Waals surface area contributed by atoms with Gasteiger partial charge in [0.15, 0.2) is 5.92 Å². The van der Waals surface area contributed by atoms with Gasteiger partial charge in [0.05, 0.1) is 25.9 Å². The quantitative estimate of drug-likeness (QED) is 0.733. The molecule has 2 aliphatic rings. The highest BCUT2D eigenvalue weighted by Crippen LogP contribution is 2.35. The smallest absolute Gasteiger partial charge is 0.255 e. The summed E-state index contributed by atoms with van der Waals surface area (Å²) in [6, 6.07) is 1.68. The lowest BCUT2D eigenvalue weighted by atomic mass is 9.97. The highest BCUT2D eigenvalue weighted by atomic mass is 32.2. The molecular formula is C13H15N4O2S+. The second-order valence-corrected chi connectivity index (χ2v) is 5.50. The Morgan fingerprint density at radius 3 is 2.85 bits per heavy atom. The first-order valence-corrected chi connectivity index (χ1v) is 7.20. The van der Waals surface area contributed by atoms with E-state index in [9.17, 15) is 9.59 Å². The molecule has 1 atom stereocenters. The van der Waals surface area contributed by atoms with E-state index in [-0.39, 0.29) is 17.7 Å². The van der Waals surface area contributed by atoms with Crippen molar-refractivity contribution in [2.45, 2.75) is 13.3 Å². The van der Waals surface area contributed by atoms with E-state index < -0.39 is 5.92 Å². The molecule has 0 fully saturated rings. The minimum atomic E-state index is -0.569. The van der Waals surface area contributed by atoms with Gasteiger partial charge in [-0.05, 0) is 12.0 Å². The second-order valence-electron chi connectivity index (χ2n) is 4.48.